The average Bonchev–Trinajstić information content (AvgIpc) is 3.31. The van der Waals surface area contributed by atoms with Gasteiger partial charge in [0.1, 0.15) is 6.61 Å². The molecule has 0 radical (unpaired) electrons. The van der Waals surface area contributed by atoms with Crippen molar-refractivity contribution in [2.45, 2.75) is 32.7 Å². The molecule has 6 nitrogen and oxygen atoms in total. The fourth-order valence-corrected chi connectivity index (χ4v) is 3.29. The van der Waals surface area contributed by atoms with Crippen LogP contribution in [0.3, 0.4) is 0 Å². The van der Waals surface area contributed by atoms with Gasteiger partial charge in [-0.3, -0.25) is 14.9 Å². The normalized spacial score (nSPS) is 14.7. The van der Waals surface area contributed by atoms with E-state index in [1.165, 1.54) is 31.1 Å². The van der Waals surface area contributed by atoms with E-state index in [0.717, 1.165) is 16.8 Å². The Morgan fingerprint density at radius 1 is 1.31 bits per heavy atom. The lowest BCUT2D eigenvalue weighted by Crippen LogP contribution is -2.23. The molecule has 1 fully saturated rings. The Bertz CT molecular complexity index is 769. The van der Waals surface area contributed by atoms with Crippen LogP contribution in [0.15, 0.2) is 29.6 Å². The Kier molecular flexibility index (Phi) is 6.00. The number of ether oxygens (including phenoxy) is 1. The lowest BCUT2D eigenvalue weighted by Gasteiger charge is -2.13. The van der Waals surface area contributed by atoms with Crippen LogP contribution in [0.25, 0.3) is 11.3 Å². The maximum atomic E-state index is 11.9. The Morgan fingerprint density at radius 2 is 2.04 bits per heavy atom. The molecule has 26 heavy (non-hydrogen) atoms. The zero-order valence-electron chi connectivity index (χ0n) is 15.0. The van der Waals surface area contributed by atoms with Crippen LogP contribution in [0.1, 0.15) is 38.3 Å². The largest absolute Gasteiger partial charge is 0.371 e. The van der Waals surface area contributed by atoms with Crippen LogP contribution in [-0.4, -0.2) is 30.0 Å². The molecular weight excluding hydrogens is 350 g/mol. The van der Waals surface area contributed by atoms with E-state index in [0.29, 0.717) is 17.7 Å². The van der Waals surface area contributed by atoms with Gasteiger partial charge in [0.05, 0.1) is 18.3 Å². The molecule has 0 spiro atoms. The maximum absolute atomic E-state index is 11.9. The predicted molar refractivity (Wildman–Crippen MR) is 102 cm³/mol. The number of benzene rings is 1. The molecule has 1 aliphatic carbocycles. The van der Waals surface area contributed by atoms with Crippen LogP contribution in [0.5, 0.6) is 0 Å². The molecule has 0 bridgehead atoms. The zero-order valence-corrected chi connectivity index (χ0v) is 15.8. The molecule has 138 valence electrons. The molecule has 1 aromatic heterocycles. The van der Waals surface area contributed by atoms with Crippen LogP contribution in [-0.2, 0) is 14.3 Å². The Morgan fingerprint density at radius 3 is 2.69 bits per heavy atom. The summed E-state index contributed by atoms with van der Waals surface area (Å²) in [5.41, 5.74) is 2.80. The minimum Gasteiger partial charge on any atom is -0.371 e. The highest BCUT2D eigenvalue weighted by Gasteiger charge is 2.21. The van der Waals surface area contributed by atoms with Crippen molar-refractivity contribution in [1.82, 2.24) is 10.3 Å². The number of hydrogen-bond acceptors (Lipinski definition) is 5. The Labute approximate surface area is 157 Å². The van der Waals surface area contributed by atoms with Gasteiger partial charge in [0, 0.05) is 17.9 Å². The van der Waals surface area contributed by atoms with E-state index < -0.39 is 0 Å². The van der Waals surface area contributed by atoms with Crippen molar-refractivity contribution in [3.63, 3.8) is 0 Å². The zero-order chi connectivity index (χ0) is 18.5. The second-order valence-corrected chi connectivity index (χ2v) is 7.45. The summed E-state index contributed by atoms with van der Waals surface area (Å²) in [6.07, 6.45) is 2.42. The van der Waals surface area contributed by atoms with Crippen molar-refractivity contribution < 1.29 is 14.3 Å². The van der Waals surface area contributed by atoms with Crippen molar-refractivity contribution >= 4 is 28.3 Å². The maximum Gasteiger partial charge on any atom is 0.252 e. The Hall–Kier alpha value is -2.25. The lowest BCUT2D eigenvalue weighted by molar-refractivity contribution is -0.121. The molecule has 1 atom stereocenters. The first-order chi connectivity index (χ1) is 12.5. The van der Waals surface area contributed by atoms with Crippen molar-refractivity contribution in [2.24, 2.45) is 5.92 Å². The average molecular weight is 373 g/mol. The minimum atomic E-state index is -0.175. The van der Waals surface area contributed by atoms with E-state index in [2.05, 4.69) is 15.6 Å². The molecule has 1 heterocycles. The number of thiazole rings is 1. The van der Waals surface area contributed by atoms with Crippen LogP contribution >= 0.6 is 11.3 Å². The van der Waals surface area contributed by atoms with Crippen molar-refractivity contribution in [3.05, 3.63) is 35.2 Å². The highest BCUT2D eigenvalue weighted by molar-refractivity contribution is 7.14. The molecular formula is C19H23N3O3S. The van der Waals surface area contributed by atoms with Gasteiger partial charge in [-0.25, -0.2) is 4.98 Å². The van der Waals surface area contributed by atoms with Gasteiger partial charge < -0.3 is 10.1 Å². The van der Waals surface area contributed by atoms with Gasteiger partial charge in [0.25, 0.3) is 5.91 Å². The van der Waals surface area contributed by atoms with Gasteiger partial charge in [-0.15, -0.1) is 11.3 Å². The van der Waals surface area contributed by atoms with Gasteiger partial charge in [-0.05, 0) is 31.2 Å². The molecule has 1 saturated carbocycles. The Balaban J connectivity index is 1.54. The van der Waals surface area contributed by atoms with E-state index >= 15 is 0 Å². The summed E-state index contributed by atoms with van der Waals surface area (Å²) in [6.45, 7) is 4.19. The van der Waals surface area contributed by atoms with Crippen molar-refractivity contribution in [2.75, 3.05) is 18.5 Å². The molecule has 0 saturated heterocycles. The number of nitrogens with one attached hydrogen (secondary N) is 2. The van der Waals surface area contributed by atoms with E-state index in [4.69, 9.17) is 4.74 Å². The van der Waals surface area contributed by atoms with E-state index in [1.54, 1.807) is 0 Å². The second kappa shape index (κ2) is 8.42. The number of nitrogens with zero attached hydrogens (tertiary/aromatic N) is 1. The molecule has 2 aromatic rings. The fraction of sp³-hybridized carbons (Fsp3) is 0.421. The third-order valence-corrected chi connectivity index (χ3v) is 4.92. The summed E-state index contributed by atoms with van der Waals surface area (Å²) >= 11 is 1.39. The minimum absolute atomic E-state index is 0.0394. The molecule has 2 amide bonds. The smallest absolute Gasteiger partial charge is 0.252 e. The van der Waals surface area contributed by atoms with E-state index in [9.17, 15) is 9.59 Å². The highest BCUT2D eigenvalue weighted by Crippen LogP contribution is 2.29. The number of amides is 2. The fourth-order valence-electron chi connectivity index (χ4n) is 2.55. The highest BCUT2D eigenvalue weighted by atomic mass is 32.1. The number of carbonyl (C=O) groups excluding carboxylic acids is 2. The second-order valence-electron chi connectivity index (χ2n) is 6.59. The molecule has 0 unspecified atom stereocenters. The summed E-state index contributed by atoms with van der Waals surface area (Å²) in [7, 11) is 0. The molecule has 2 N–H and O–H groups in total. The standard InChI is InChI=1S/C19H23N3O3S/c1-12(20-13(2)23)15-5-7-16(8-6-15)17-11-26-19(21-17)22-18(24)10-25-9-14-3-4-14/h5-8,11-12,14H,3-4,9-10H2,1-2H3,(H,20,23)(H,21,22,24)/t12-/m1/s1. The van der Waals surface area contributed by atoms with Crippen LogP contribution in [0.2, 0.25) is 0 Å². The van der Waals surface area contributed by atoms with Crippen LogP contribution < -0.4 is 10.6 Å². The van der Waals surface area contributed by atoms with E-state index in [1.807, 2.05) is 36.6 Å². The lowest BCUT2D eigenvalue weighted by atomic mass is 10.1. The summed E-state index contributed by atoms with van der Waals surface area (Å²) in [5.74, 6) is 0.416. The van der Waals surface area contributed by atoms with Gasteiger partial charge in [-0.1, -0.05) is 24.3 Å². The van der Waals surface area contributed by atoms with Crippen LogP contribution in [0.4, 0.5) is 5.13 Å². The van der Waals surface area contributed by atoms with E-state index in [-0.39, 0.29) is 24.5 Å². The third-order valence-electron chi connectivity index (χ3n) is 4.16. The molecule has 3 rings (SSSR count). The monoisotopic (exact) mass is 373 g/mol. The first kappa shape index (κ1) is 18.5. The SMILES string of the molecule is CC(=O)N[C@H](C)c1ccc(-c2csc(NC(=O)COCC3CC3)n2)cc1. The molecule has 7 heteroatoms. The third kappa shape index (κ3) is 5.37. The number of anilines is 1. The number of carbonyl (C=O) groups is 2. The van der Waals surface area contributed by atoms with Crippen molar-refractivity contribution in [1.29, 1.82) is 0 Å². The first-order valence-electron chi connectivity index (χ1n) is 8.72. The summed E-state index contributed by atoms with van der Waals surface area (Å²) in [5, 5.41) is 8.11. The molecule has 1 aromatic carbocycles. The number of hydrogen-bond donors (Lipinski definition) is 2. The van der Waals surface area contributed by atoms with Gasteiger partial charge in [0.15, 0.2) is 5.13 Å². The number of rotatable bonds is 8. The molecule has 0 aliphatic heterocycles. The van der Waals surface area contributed by atoms with Gasteiger partial charge in [-0.2, -0.15) is 0 Å². The topological polar surface area (TPSA) is 80.3 Å². The predicted octanol–water partition coefficient (Wildman–Crippen LogP) is 3.37. The van der Waals surface area contributed by atoms with Crippen molar-refractivity contribution in [3.8, 4) is 11.3 Å². The first-order valence-corrected chi connectivity index (χ1v) is 9.60. The van der Waals surface area contributed by atoms with Crippen LogP contribution in [0, 0.1) is 5.92 Å². The van der Waals surface area contributed by atoms with Gasteiger partial charge in [0.2, 0.25) is 5.91 Å². The van der Waals surface area contributed by atoms with Gasteiger partial charge >= 0.3 is 0 Å². The molecule has 1 aliphatic rings. The quantitative estimate of drug-likeness (QED) is 0.743. The summed E-state index contributed by atoms with van der Waals surface area (Å²) in [4.78, 5) is 27.5. The summed E-state index contributed by atoms with van der Waals surface area (Å²) in [6, 6.07) is 7.83. The number of aromatic nitrogens is 1. The summed E-state index contributed by atoms with van der Waals surface area (Å²) < 4.78 is 5.38.